The molecule has 9 rings (SSSR count). The summed E-state index contributed by atoms with van der Waals surface area (Å²) in [5, 5.41) is 5.51. The molecule has 1 aliphatic rings. The largest absolute Gasteiger partial charge is 0.494 e. The molecule has 8 aromatic rings. The molecule has 232 valence electrons. The monoisotopic (exact) mass is 624 g/mol. The third-order valence-electron chi connectivity index (χ3n) is 10.1. The van der Waals surface area contributed by atoms with Crippen LogP contribution in [-0.4, -0.2) is 28.3 Å². The van der Waals surface area contributed by atoms with Gasteiger partial charge in [-0.1, -0.05) is 91.0 Å². The van der Waals surface area contributed by atoms with Crippen molar-refractivity contribution in [3.63, 3.8) is 0 Å². The summed E-state index contributed by atoms with van der Waals surface area (Å²) in [4.78, 5) is 10.4. The molecular weight excluding hydrogens is 591 g/mol. The Morgan fingerprint density at radius 2 is 1.19 bits per heavy atom. The second kappa shape index (κ2) is 10.6. The van der Waals surface area contributed by atoms with Gasteiger partial charge in [0.15, 0.2) is 5.58 Å². The van der Waals surface area contributed by atoms with Gasteiger partial charge in [0.25, 0.3) is 0 Å². The molecule has 0 radical (unpaired) electrons. The van der Waals surface area contributed by atoms with Gasteiger partial charge in [0.05, 0.1) is 22.4 Å². The molecule has 1 fully saturated rings. The maximum atomic E-state index is 6.34. The van der Waals surface area contributed by atoms with Gasteiger partial charge in [-0.25, -0.2) is 9.97 Å². The van der Waals surface area contributed by atoms with E-state index in [4.69, 9.17) is 23.7 Å². The van der Waals surface area contributed by atoms with Crippen LogP contribution in [0.2, 0.25) is 0 Å². The van der Waals surface area contributed by atoms with Crippen molar-refractivity contribution < 1.29 is 13.7 Å². The molecule has 1 saturated heterocycles. The second-order valence-corrected chi connectivity index (χ2v) is 13.7. The quantitative estimate of drug-likeness (QED) is 0.144. The molecule has 0 spiro atoms. The number of fused-ring (bicyclic) bond motifs is 6. The molecule has 2 aromatic heterocycles. The van der Waals surface area contributed by atoms with Crippen LogP contribution in [0.15, 0.2) is 132 Å². The van der Waals surface area contributed by atoms with Crippen molar-refractivity contribution in [3.05, 3.63) is 127 Å². The van der Waals surface area contributed by atoms with E-state index in [-0.39, 0.29) is 0 Å². The van der Waals surface area contributed by atoms with Crippen LogP contribution in [0.4, 0.5) is 0 Å². The number of aromatic nitrogens is 2. The molecule has 1 aliphatic heterocycles. The third kappa shape index (κ3) is 4.63. The van der Waals surface area contributed by atoms with Crippen LogP contribution in [0.3, 0.4) is 0 Å². The highest BCUT2D eigenvalue weighted by atomic mass is 16.7. The van der Waals surface area contributed by atoms with Crippen LogP contribution < -0.4 is 5.46 Å². The fourth-order valence-electron chi connectivity index (χ4n) is 6.73. The van der Waals surface area contributed by atoms with Gasteiger partial charge in [-0.2, -0.15) is 0 Å². The molecule has 0 bridgehead atoms. The number of pyridine rings is 1. The minimum atomic E-state index is -0.430. The Balaban J connectivity index is 1.24. The Labute approximate surface area is 279 Å². The lowest BCUT2D eigenvalue weighted by molar-refractivity contribution is 0.00578. The molecule has 0 saturated carbocycles. The van der Waals surface area contributed by atoms with Crippen LogP contribution >= 0.6 is 0 Å². The topological polar surface area (TPSA) is 57.4 Å². The SMILES string of the molecule is CC1(C)OB(c2ccc(-c3nc4cc(-c5ccc6ccccc6c5)ccc4c4c3ccc3oc(-c5ccccc5)nc34)cc2)OC1(C)C. The van der Waals surface area contributed by atoms with Crippen molar-refractivity contribution >= 4 is 56.1 Å². The fourth-order valence-corrected chi connectivity index (χ4v) is 6.73. The van der Waals surface area contributed by atoms with Gasteiger partial charge in [-0.05, 0) is 91.5 Å². The van der Waals surface area contributed by atoms with Crippen LogP contribution in [0.1, 0.15) is 27.7 Å². The minimum absolute atomic E-state index is 0.406. The van der Waals surface area contributed by atoms with Crippen molar-refractivity contribution in [2.24, 2.45) is 0 Å². The highest BCUT2D eigenvalue weighted by molar-refractivity contribution is 6.62. The Hall–Kier alpha value is -5.30. The van der Waals surface area contributed by atoms with E-state index in [1.165, 1.54) is 10.8 Å². The summed E-state index contributed by atoms with van der Waals surface area (Å²) in [6.07, 6.45) is 0. The summed E-state index contributed by atoms with van der Waals surface area (Å²) in [6.45, 7) is 8.30. The van der Waals surface area contributed by atoms with Crippen molar-refractivity contribution in [2.75, 3.05) is 0 Å². The molecule has 6 heteroatoms. The number of hydrogen-bond donors (Lipinski definition) is 0. The van der Waals surface area contributed by atoms with E-state index >= 15 is 0 Å². The van der Waals surface area contributed by atoms with Gasteiger partial charge in [0.1, 0.15) is 5.52 Å². The lowest BCUT2D eigenvalue weighted by Crippen LogP contribution is -2.41. The molecule has 5 nitrogen and oxygen atoms in total. The van der Waals surface area contributed by atoms with E-state index in [0.717, 1.165) is 66.2 Å². The highest BCUT2D eigenvalue weighted by Crippen LogP contribution is 2.40. The average molecular weight is 625 g/mol. The first kappa shape index (κ1) is 28.9. The van der Waals surface area contributed by atoms with Gasteiger partial charge in [0.2, 0.25) is 5.89 Å². The lowest BCUT2D eigenvalue weighted by Gasteiger charge is -2.32. The molecule has 3 heterocycles. The molecule has 0 unspecified atom stereocenters. The molecule has 0 amide bonds. The number of benzene rings is 6. The van der Waals surface area contributed by atoms with Crippen molar-refractivity contribution in [3.8, 4) is 33.8 Å². The van der Waals surface area contributed by atoms with E-state index in [1.54, 1.807) is 0 Å². The van der Waals surface area contributed by atoms with Gasteiger partial charge >= 0.3 is 7.12 Å². The van der Waals surface area contributed by atoms with E-state index in [0.29, 0.717) is 5.89 Å². The van der Waals surface area contributed by atoms with E-state index in [9.17, 15) is 0 Å². The summed E-state index contributed by atoms with van der Waals surface area (Å²) >= 11 is 0. The predicted octanol–water partition coefficient (Wildman–Crippen LogP) is 9.98. The van der Waals surface area contributed by atoms with Crippen LogP contribution in [0.25, 0.3) is 77.4 Å². The lowest BCUT2D eigenvalue weighted by atomic mass is 9.78. The van der Waals surface area contributed by atoms with Gasteiger partial charge < -0.3 is 13.7 Å². The molecule has 48 heavy (non-hydrogen) atoms. The summed E-state index contributed by atoms with van der Waals surface area (Å²) < 4.78 is 19.0. The van der Waals surface area contributed by atoms with Crippen LogP contribution in [-0.2, 0) is 9.31 Å². The molecule has 0 aliphatic carbocycles. The summed E-state index contributed by atoms with van der Waals surface area (Å²) in [5.74, 6) is 0.601. The van der Waals surface area contributed by atoms with E-state index in [1.807, 2.05) is 36.4 Å². The standard InChI is InChI=1S/C42H33BN2O3/c1-41(2)42(3,4)48-43(47-41)32-19-16-27(17-20-32)38-34-22-23-36-39(45-40(46-36)28-11-6-5-7-12-28)37(34)33-21-18-31(25-35(33)44-38)30-15-14-26-10-8-9-13-29(26)24-30/h5-25H,1-4H3. The number of nitrogens with zero attached hydrogens (tertiary/aromatic N) is 2. The fraction of sp³-hybridized carbons (Fsp3) is 0.143. The minimum Gasteiger partial charge on any atom is -0.436 e. The first-order valence-corrected chi connectivity index (χ1v) is 16.4. The van der Waals surface area contributed by atoms with E-state index < -0.39 is 18.3 Å². The van der Waals surface area contributed by atoms with Crippen LogP contribution in [0.5, 0.6) is 0 Å². The van der Waals surface area contributed by atoms with Gasteiger partial charge in [-0.15, -0.1) is 0 Å². The second-order valence-electron chi connectivity index (χ2n) is 13.7. The van der Waals surface area contributed by atoms with Crippen LogP contribution in [0, 0.1) is 0 Å². The maximum Gasteiger partial charge on any atom is 0.494 e. The molecule has 6 aromatic carbocycles. The van der Waals surface area contributed by atoms with Crippen molar-refractivity contribution in [1.82, 2.24) is 9.97 Å². The first-order valence-electron chi connectivity index (χ1n) is 16.4. The molecule has 0 atom stereocenters. The number of hydrogen-bond acceptors (Lipinski definition) is 5. The maximum absolute atomic E-state index is 6.34. The molecular formula is C42H33BN2O3. The highest BCUT2D eigenvalue weighted by Gasteiger charge is 2.51. The third-order valence-corrected chi connectivity index (χ3v) is 10.1. The zero-order valence-corrected chi connectivity index (χ0v) is 27.3. The average Bonchev–Trinajstić information content (AvgIpc) is 3.64. The number of rotatable bonds is 4. The zero-order valence-electron chi connectivity index (χ0n) is 27.3. The molecule has 0 N–H and O–H groups in total. The Bertz CT molecular complexity index is 2500. The predicted molar refractivity (Wildman–Crippen MR) is 196 cm³/mol. The Morgan fingerprint density at radius 3 is 1.96 bits per heavy atom. The van der Waals surface area contributed by atoms with Gasteiger partial charge in [0, 0.05) is 27.3 Å². The smallest absolute Gasteiger partial charge is 0.436 e. The van der Waals surface area contributed by atoms with Crippen molar-refractivity contribution in [1.29, 1.82) is 0 Å². The van der Waals surface area contributed by atoms with Gasteiger partial charge in [-0.3, -0.25) is 0 Å². The Kier molecular flexibility index (Phi) is 6.39. The summed E-state index contributed by atoms with van der Waals surface area (Å²) in [7, 11) is -0.430. The normalized spacial score (nSPS) is 15.6. The summed E-state index contributed by atoms with van der Waals surface area (Å²) in [6, 6.07) is 44.2. The number of oxazole rings is 1. The summed E-state index contributed by atoms with van der Waals surface area (Å²) in [5.41, 5.74) is 7.73. The Morgan fingerprint density at radius 1 is 0.542 bits per heavy atom. The first-order chi connectivity index (χ1) is 23.2. The van der Waals surface area contributed by atoms with E-state index in [2.05, 4.69) is 119 Å². The zero-order chi connectivity index (χ0) is 32.6. The van der Waals surface area contributed by atoms with Crippen molar-refractivity contribution in [2.45, 2.75) is 38.9 Å².